The van der Waals surface area contributed by atoms with E-state index in [9.17, 15) is 20.4 Å². The predicted octanol–water partition coefficient (Wildman–Crippen LogP) is 2.00. The molecule has 0 amide bonds. The average molecular weight is 352 g/mol. The zero-order valence-electron chi connectivity index (χ0n) is 15.5. The van der Waals surface area contributed by atoms with Gasteiger partial charge >= 0.3 is 0 Å². The Morgan fingerprint density at radius 1 is 1.20 bits per heavy atom. The van der Waals surface area contributed by atoms with E-state index in [1.165, 1.54) is 0 Å². The van der Waals surface area contributed by atoms with Crippen LogP contribution in [0.15, 0.2) is 36.0 Å². The van der Waals surface area contributed by atoms with Crippen molar-refractivity contribution in [3.05, 3.63) is 36.0 Å². The molecule has 1 fully saturated rings. The molecule has 0 aromatic heterocycles. The zero-order valence-corrected chi connectivity index (χ0v) is 15.5. The highest BCUT2D eigenvalue weighted by Crippen LogP contribution is 2.37. The van der Waals surface area contributed by atoms with E-state index in [0.29, 0.717) is 37.9 Å². The fourth-order valence-electron chi connectivity index (χ4n) is 3.39. The molecule has 142 valence electrons. The highest BCUT2D eigenvalue weighted by Gasteiger charge is 2.45. The summed E-state index contributed by atoms with van der Waals surface area (Å²) in [5, 5.41) is 42.4. The van der Waals surface area contributed by atoms with Gasteiger partial charge in [0.25, 0.3) is 0 Å². The van der Waals surface area contributed by atoms with Gasteiger partial charge < -0.3 is 25.2 Å². The van der Waals surface area contributed by atoms with E-state index in [-0.39, 0.29) is 6.42 Å². The maximum Gasteiger partial charge on any atom is 0.117 e. The van der Waals surface area contributed by atoms with Crippen LogP contribution in [0.5, 0.6) is 0 Å². The van der Waals surface area contributed by atoms with E-state index in [1.807, 2.05) is 13.0 Å². The number of ether oxygens (including phenoxy) is 1. The van der Waals surface area contributed by atoms with Crippen LogP contribution in [0.2, 0.25) is 0 Å². The number of allylic oxidation sites excluding steroid dienone is 1. The fraction of sp³-hybridized carbons (Fsp3) is 0.700. The van der Waals surface area contributed by atoms with Gasteiger partial charge in [-0.3, -0.25) is 0 Å². The Kier molecular flexibility index (Phi) is 5.96. The van der Waals surface area contributed by atoms with Crippen molar-refractivity contribution >= 4 is 0 Å². The summed E-state index contributed by atoms with van der Waals surface area (Å²) in [6, 6.07) is 0. The number of aliphatic hydroxyl groups is 4. The first kappa shape index (κ1) is 20.3. The third-order valence-corrected chi connectivity index (χ3v) is 5.51. The summed E-state index contributed by atoms with van der Waals surface area (Å²) in [4.78, 5) is 0. The molecule has 5 nitrogen and oxygen atoms in total. The molecule has 5 heteroatoms. The van der Waals surface area contributed by atoms with Crippen molar-refractivity contribution in [2.24, 2.45) is 0 Å². The van der Waals surface area contributed by atoms with Crippen LogP contribution in [0.4, 0.5) is 0 Å². The van der Waals surface area contributed by atoms with Crippen molar-refractivity contribution in [3.8, 4) is 0 Å². The second-order valence-corrected chi connectivity index (χ2v) is 8.15. The first-order valence-electron chi connectivity index (χ1n) is 8.96. The van der Waals surface area contributed by atoms with E-state index in [1.54, 1.807) is 26.0 Å². The van der Waals surface area contributed by atoms with Gasteiger partial charge in [-0.05, 0) is 58.4 Å². The van der Waals surface area contributed by atoms with E-state index in [4.69, 9.17) is 4.74 Å². The summed E-state index contributed by atoms with van der Waals surface area (Å²) in [5.74, 6) is 0. The average Bonchev–Trinajstić information content (AvgIpc) is 2.78. The first-order valence-corrected chi connectivity index (χ1v) is 8.96. The van der Waals surface area contributed by atoms with Gasteiger partial charge in [0.2, 0.25) is 0 Å². The van der Waals surface area contributed by atoms with Crippen LogP contribution in [-0.2, 0) is 4.74 Å². The normalized spacial score (nSPS) is 47.5. The molecular weight excluding hydrogens is 320 g/mol. The quantitative estimate of drug-likeness (QED) is 0.501. The minimum absolute atomic E-state index is 0.246. The minimum Gasteiger partial charge on any atom is -0.390 e. The number of rotatable bonds is 0. The molecule has 1 aliphatic carbocycles. The molecule has 0 aromatic rings. The van der Waals surface area contributed by atoms with E-state index in [2.05, 4.69) is 6.58 Å². The Labute approximate surface area is 150 Å². The highest BCUT2D eigenvalue weighted by molar-refractivity contribution is 5.26. The summed E-state index contributed by atoms with van der Waals surface area (Å²) in [6.45, 7) is 9.42. The predicted molar refractivity (Wildman–Crippen MR) is 97.1 cm³/mol. The van der Waals surface area contributed by atoms with Crippen molar-refractivity contribution < 1.29 is 25.2 Å². The van der Waals surface area contributed by atoms with Crippen molar-refractivity contribution in [2.75, 3.05) is 6.61 Å². The van der Waals surface area contributed by atoms with Gasteiger partial charge in [-0.2, -0.15) is 0 Å². The summed E-state index contributed by atoms with van der Waals surface area (Å²) < 4.78 is 5.70. The van der Waals surface area contributed by atoms with Crippen molar-refractivity contribution in [3.63, 3.8) is 0 Å². The largest absolute Gasteiger partial charge is 0.390 e. The molecule has 2 aliphatic rings. The van der Waals surface area contributed by atoms with Crippen molar-refractivity contribution in [1.82, 2.24) is 0 Å². The number of fused-ring (bicyclic) bond motifs is 1. The van der Waals surface area contributed by atoms with Crippen LogP contribution >= 0.6 is 0 Å². The Morgan fingerprint density at radius 2 is 1.88 bits per heavy atom. The third-order valence-electron chi connectivity index (χ3n) is 5.51. The Morgan fingerprint density at radius 3 is 2.56 bits per heavy atom. The first-order chi connectivity index (χ1) is 11.5. The van der Waals surface area contributed by atoms with Crippen LogP contribution in [0, 0.1) is 0 Å². The molecule has 4 N–H and O–H groups in total. The summed E-state index contributed by atoms with van der Waals surface area (Å²) in [6.07, 6.45) is 5.70. The molecule has 0 saturated carbocycles. The molecule has 0 bridgehead atoms. The zero-order chi connectivity index (χ0) is 18.9. The Hall–Kier alpha value is -0.980. The molecular formula is C20H32O5. The lowest BCUT2D eigenvalue weighted by Gasteiger charge is -2.32. The van der Waals surface area contributed by atoms with E-state index >= 15 is 0 Å². The van der Waals surface area contributed by atoms with E-state index < -0.39 is 29.0 Å². The Balaban J connectivity index is 2.31. The summed E-state index contributed by atoms with van der Waals surface area (Å²) in [5.41, 5.74) is -1.99. The minimum atomic E-state index is -1.25. The van der Waals surface area contributed by atoms with Gasteiger partial charge in [0.05, 0.1) is 23.9 Å². The lowest BCUT2D eigenvalue weighted by molar-refractivity contribution is -0.0628. The van der Waals surface area contributed by atoms with Gasteiger partial charge in [-0.15, -0.1) is 0 Å². The van der Waals surface area contributed by atoms with Crippen molar-refractivity contribution in [1.29, 1.82) is 0 Å². The topological polar surface area (TPSA) is 90.2 Å². The van der Waals surface area contributed by atoms with Gasteiger partial charge in [0.15, 0.2) is 0 Å². The molecule has 1 saturated heterocycles. The van der Waals surface area contributed by atoms with Crippen LogP contribution in [-0.4, -0.2) is 56.0 Å². The van der Waals surface area contributed by atoms with Crippen molar-refractivity contribution in [2.45, 2.75) is 81.9 Å². The lowest BCUT2D eigenvalue weighted by atomic mass is 9.81. The lowest BCUT2D eigenvalue weighted by Crippen LogP contribution is -2.41. The molecule has 25 heavy (non-hydrogen) atoms. The summed E-state index contributed by atoms with van der Waals surface area (Å²) in [7, 11) is 0. The molecule has 0 spiro atoms. The highest BCUT2D eigenvalue weighted by atomic mass is 16.5. The maximum absolute atomic E-state index is 11.1. The molecule has 0 aromatic carbocycles. The van der Waals surface area contributed by atoms with Gasteiger partial charge in [-0.1, -0.05) is 30.4 Å². The van der Waals surface area contributed by atoms with Crippen LogP contribution in [0.25, 0.3) is 0 Å². The molecule has 0 unspecified atom stereocenters. The van der Waals surface area contributed by atoms with Crippen LogP contribution in [0.1, 0.15) is 52.9 Å². The SMILES string of the molecule is C=C1CO[C@H]2/C=C(\C)CC[C@@H](O)[C@@](C)(O)C/C=C/[C@@](C)(O)CC[C@@]12O. The second kappa shape index (κ2) is 7.33. The number of hydrogen-bond acceptors (Lipinski definition) is 5. The number of hydrogen-bond donors (Lipinski definition) is 4. The molecule has 1 heterocycles. The third kappa shape index (κ3) is 4.80. The Bertz CT molecular complexity index is 560. The number of aliphatic hydroxyl groups excluding tert-OH is 1. The second-order valence-electron chi connectivity index (χ2n) is 8.15. The molecule has 1 aliphatic heterocycles. The maximum atomic E-state index is 11.1. The van der Waals surface area contributed by atoms with Gasteiger partial charge in [0, 0.05) is 0 Å². The van der Waals surface area contributed by atoms with Crippen LogP contribution < -0.4 is 0 Å². The van der Waals surface area contributed by atoms with E-state index in [0.717, 1.165) is 5.57 Å². The molecule has 2 rings (SSSR count). The molecule has 0 radical (unpaired) electrons. The molecule has 5 atom stereocenters. The standard InChI is InChI=1S/C20H32O5/c1-14-6-7-16(21)19(4,23)9-5-8-18(3,22)10-11-20(24)15(2)13-25-17(20)12-14/h5,8,12,16-17,21-24H,2,6-7,9-11,13H2,1,3-4H3/b8-5+,14-12+/t16-,17+,18-,19+,20-/m1/s1. The smallest absolute Gasteiger partial charge is 0.117 e. The monoisotopic (exact) mass is 352 g/mol. The fourth-order valence-corrected chi connectivity index (χ4v) is 3.39. The van der Waals surface area contributed by atoms with Crippen LogP contribution in [0.3, 0.4) is 0 Å². The van der Waals surface area contributed by atoms with Gasteiger partial charge in [-0.25, -0.2) is 0 Å². The van der Waals surface area contributed by atoms with Gasteiger partial charge in [0.1, 0.15) is 11.7 Å². The summed E-state index contributed by atoms with van der Waals surface area (Å²) >= 11 is 0.